The lowest BCUT2D eigenvalue weighted by Gasteiger charge is -2.12. The fourth-order valence-electron chi connectivity index (χ4n) is 1.29. The van der Waals surface area contributed by atoms with Gasteiger partial charge in [0.2, 0.25) is 0 Å². The summed E-state index contributed by atoms with van der Waals surface area (Å²) < 4.78 is 25.9. The number of aromatic nitrogens is 2. The van der Waals surface area contributed by atoms with Gasteiger partial charge in [0.05, 0.1) is 5.56 Å². The van der Waals surface area contributed by atoms with Crippen LogP contribution in [0.15, 0.2) is 6.33 Å². The Bertz CT molecular complexity index is 378. The van der Waals surface area contributed by atoms with Gasteiger partial charge in [-0.15, -0.1) is 0 Å². The van der Waals surface area contributed by atoms with Crippen LogP contribution in [0.25, 0.3) is 0 Å². The van der Waals surface area contributed by atoms with E-state index in [1.165, 1.54) is 0 Å². The van der Waals surface area contributed by atoms with Crippen molar-refractivity contribution in [3.63, 3.8) is 0 Å². The second-order valence-electron chi connectivity index (χ2n) is 3.18. The third-order valence-corrected chi connectivity index (χ3v) is 2.80. The number of hydrogen-bond acceptors (Lipinski definition) is 3. The second kappa shape index (κ2) is 2.74. The summed E-state index contributed by atoms with van der Waals surface area (Å²) in [5.41, 5.74) is 3.57. The minimum atomic E-state index is -2.98. The van der Waals surface area contributed by atoms with Crippen molar-refractivity contribution in [2.45, 2.75) is 17.9 Å². The van der Waals surface area contributed by atoms with Crippen molar-refractivity contribution in [1.82, 2.24) is 9.97 Å². The molecule has 0 saturated heterocycles. The molecule has 2 N–H and O–H groups in total. The highest BCUT2D eigenvalue weighted by atomic mass is 35.5. The van der Waals surface area contributed by atoms with Gasteiger partial charge in [0, 0.05) is 6.42 Å². The van der Waals surface area contributed by atoms with Crippen molar-refractivity contribution in [2.24, 2.45) is 5.73 Å². The number of nitrogens with zero attached hydrogens (tertiary/aromatic N) is 2. The molecule has 1 fully saturated rings. The Labute approximate surface area is 88.2 Å². The van der Waals surface area contributed by atoms with Crippen LogP contribution < -0.4 is 5.73 Å². The van der Waals surface area contributed by atoms with E-state index in [0.29, 0.717) is 0 Å². The summed E-state index contributed by atoms with van der Waals surface area (Å²) in [7, 11) is 0. The lowest BCUT2D eigenvalue weighted by Crippen LogP contribution is -2.28. The zero-order chi connectivity index (χ0) is 10.6. The van der Waals surface area contributed by atoms with Crippen LogP contribution in [0.3, 0.4) is 0 Å². The molecule has 0 bridgehead atoms. The molecule has 1 aromatic heterocycles. The van der Waals surface area contributed by atoms with E-state index in [0.717, 1.165) is 6.33 Å². The first-order chi connectivity index (χ1) is 6.38. The van der Waals surface area contributed by atoms with Crippen LogP contribution in [0.2, 0.25) is 10.3 Å². The van der Waals surface area contributed by atoms with Crippen LogP contribution >= 0.6 is 23.2 Å². The molecule has 1 unspecified atom stereocenters. The van der Waals surface area contributed by atoms with Crippen molar-refractivity contribution in [3.8, 4) is 0 Å². The number of hydrogen-bond donors (Lipinski definition) is 1. The Morgan fingerprint density at radius 1 is 1.29 bits per heavy atom. The molecule has 1 heterocycles. The van der Waals surface area contributed by atoms with Gasteiger partial charge in [-0.05, 0) is 0 Å². The summed E-state index contributed by atoms with van der Waals surface area (Å²) in [4.78, 5) is 7.14. The van der Waals surface area contributed by atoms with E-state index in [4.69, 9.17) is 28.9 Å². The van der Waals surface area contributed by atoms with Gasteiger partial charge in [-0.25, -0.2) is 18.7 Å². The maximum Gasteiger partial charge on any atom is 0.272 e. The largest absolute Gasteiger partial charge is 0.316 e. The Morgan fingerprint density at radius 2 is 1.71 bits per heavy atom. The topological polar surface area (TPSA) is 51.8 Å². The minimum Gasteiger partial charge on any atom is -0.316 e. The van der Waals surface area contributed by atoms with Gasteiger partial charge in [-0.1, -0.05) is 23.2 Å². The molecule has 7 heteroatoms. The van der Waals surface area contributed by atoms with E-state index in [1.54, 1.807) is 0 Å². The standard InChI is InChI=1S/C7H5Cl2F2N3/c8-4-3(5(9)14-2-13-4)6(12)1-7(6,10)11/h2H,1,12H2. The van der Waals surface area contributed by atoms with Crippen LogP contribution in [-0.4, -0.2) is 15.9 Å². The predicted molar refractivity (Wildman–Crippen MR) is 47.5 cm³/mol. The summed E-state index contributed by atoms with van der Waals surface area (Å²) in [6.45, 7) is 0. The van der Waals surface area contributed by atoms with Gasteiger partial charge in [0.25, 0.3) is 5.92 Å². The molecule has 2 rings (SSSR count). The number of rotatable bonds is 1. The first kappa shape index (κ1) is 10.0. The van der Waals surface area contributed by atoms with Crippen LogP contribution in [0.1, 0.15) is 12.0 Å². The molecule has 0 spiro atoms. The van der Waals surface area contributed by atoms with Crippen molar-refractivity contribution >= 4 is 23.2 Å². The Kier molecular flexibility index (Phi) is 1.96. The quantitative estimate of drug-likeness (QED) is 0.763. The van der Waals surface area contributed by atoms with Crippen molar-refractivity contribution < 1.29 is 8.78 Å². The van der Waals surface area contributed by atoms with Crippen LogP contribution in [0.5, 0.6) is 0 Å². The second-order valence-corrected chi connectivity index (χ2v) is 3.90. The summed E-state index contributed by atoms with van der Waals surface area (Å²) in [6.07, 6.45) is 0.616. The first-order valence-corrected chi connectivity index (χ1v) is 4.47. The highest BCUT2D eigenvalue weighted by molar-refractivity contribution is 6.34. The molecule has 1 aliphatic rings. The molecule has 1 aliphatic carbocycles. The predicted octanol–water partition coefficient (Wildman–Crippen LogP) is 1.98. The molecule has 1 saturated carbocycles. The van der Waals surface area contributed by atoms with Crippen molar-refractivity contribution in [1.29, 1.82) is 0 Å². The van der Waals surface area contributed by atoms with E-state index in [9.17, 15) is 8.78 Å². The molecule has 3 nitrogen and oxygen atoms in total. The molecule has 0 aliphatic heterocycles. The van der Waals surface area contributed by atoms with Gasteiger partial charge >= 0.3 is 0 Å². The molecule has 0 radical (unpaired) electrons. The summed E-state index contributed by atoms with van der Waals surface area (Å²) in [5, 5.41) is -0.241. The average Bonchev–Trinajstić information content (AvgIpc) is 2.50. The Balaban J connectivity index is 2.54. The summed E-state index contributed by atoms with van der Waals surface area (Å²) in [5.74, 6) is -2.98. The fourth-order valence-corrected chi connectivity index (χ4v) is 1.94. The van der Waals surface area contributed by atoms with Crippen molar-refractivity contribution in [2.75, 3.05) is 0 Å². The number of halogens is 4. The lowest BCUT2D eigenvalue weighted by atomic mass is 10.1. The van der Waals surface area contributed by atoms with E-state index in [-0.39, 0.29) is 15.9 Å². The maximum atomic E-state index is 12.9. The molecule has 14 heavy (non-hydrogen) atoms. The van der Waals surface area contributed by atoms with E-state index in [1.807, 2.05) is 0 Å². The van der Waals surface area contributed by atoms with Gasteiger partial charge in [-0.2, -0.15) is 0 Å². The lowest BCUT2D eigenvalue weighted by molar-refractivity contribution is 0.0890. The average molecular weight is 240 g/mol. The van der Waals surface area contributed by atoms with E-state index >= 15 is 0 Å². The smallest absolute Gasteiger partial charge is 0.272 e. The summed E-state index contributed by atoms with van der Waals surface area (Å²) >= 11 is 11.3. The number of alkyl halides is 2. The monoisotopic (exact) mass is 239 g/mol. The molecular weight excluding hydrogens is 235 g/mol. The zero-order valence-corrected chi connectivity index (χ0v) is 8.28. The summed E-state index contributed by atoms with van der Waals surface area (Å²) in [6, 6.07) is 0. The van der Waals surface area contributed by atoms with Gasteiger partial charge in [-0.3, -0.25) is 0 Å². The van der Waals surface area contributed by atoms with Crippen LogP contribution in [-0.2, 0) is 5.54 Å². The van der Waals surface area contributed by atoms with E-state index in [2.05, 4.69) is 9.97 Å². The van der Waals surface area contributed by atoms with Crippen LogP contribution in [0, 0.1) is 0 Å². The van der Waals surface area contributed by atoms with Gasteiger partial charge < -0.3 is 5.73 Å². The molecule has 76 valence electrons. The van der Waals surface area contributed by atoms with Crippen molar-refractivity contribution in [3.05, 3.63) is 22.2 Å². The molecular formula is C7H5Cl2F2N3. The van der Waals surface area contributed by atoms with Gasteiger partial charge in [0.1, 0.15) is 22.2 Å². The highest BCUT2D eigenvalue weighted by Gasteiger charge is 2.71. The van der Waals surface area contributed by atoms with E-state index < -0.39 is 17.9 Å². The molecule has 0 aromatic carbocycles. The Morgan fingerprint density at radius 3 is 2.07 bits per heavy atom. The molecule has 0 amide bonds. The SMILES string of the molecule is NC1(c2c(Cl)ncnc2Cl)CC1(F)F. The Hall–Kier alpha value is -0.520. The van der Waals surface area contributed by atoms with Gasteiger partial charge in [0.15, 0.2) is 0 Å². The normalized spacial score (nSPS) is 28.9. The number of nitrogens with two attached hydrogens (primary N) is 1. The minimum absolute atomic E-state index is 0.0756. The third kappa shape index (κ3) is 1.20. The molecule has 1 atom stereocenters. The highest BCUT2D eigenvalue weighted by Crippen LogP contribution is 2.59. The zero-order valence-electron chi connectivity index (χ0n) is 6.77. The van der Waals surface area contributed by atoms with Crippen LogP contribution in [0.4, 0.5) is 8.78 Å². The maximum absolute atomic E-state index is 12.9. The molecule has 1 aromatic rings. The fraction of sp³-hybridized carbons (Fsp3) is 0.429. The first-order valence-electron chi connectivity index (χ1n) is 3.72. The third-order valence-electron chi connectivity index (χ3n) is 2.23.